The molecule has 3 rings (SSSR count). The molecule has 3 aromatic rings. The number of hydrogen-bond donors (Lipinski definition) is 3. The number of fused-ring (bicyclic) bond motifs is 1. The first-order chi connectivity index (χ1) is 15.2. The number of methoxy groups -OCH3 is 1. The van der Waals surface area contributed by atoms with Gasteiger partial charge in [0.25, 0.3) is 6.01 Å². The summed E-state index contributed by atoms with van der Waals surface area (Å²) in [6.07, 6.45) is 3.82. The predicted molar refractivity (Wildman–Crippen MR) is 122 cm³/mol. The third-order valence-corrected chi connectivity index (χ3v) is 5.50. The van der Waals surface area contributed by atoms with E-state index in [0.29, 0.717) is 30.3 Å². The second kappa shape index (κ2) is 11.7. The summed E-state index contributed by atoms with van der Waals surface area (Å²) >= 11 is 1.56. The monoisotopic (exact) mass is 446 g/mol. The number of aliphatic hydroxyl groups excluding tert-OH is 1. The summed E-state index contributed by atoms with van der Waals surface area (Å²) in [5, 5.41) is 9.23. The van der Waals surface area contributed by atoms with Crippen molar-refractivity contribution in [1.29, 1.82) is 0 Å². The van der Waals surface area contributed by atoms with Crippen LogP contribution in [0.3, 0.4) is 0 Å². The Kier molecular flexibility index (Phi) is 8.74. The number of hydrogen-bond acceptors (Lipinski definition) is 9. The van der Waals surface area contributed by atoms with Crippen LogP contribution in [0.4, 0.5) is 5.82 Å². The van der Waals surface area contributed by atoms with Gasteiger partial charge >= 0.3 is 6.01 Å². The zero-order valence-corrected chi connectivity index (χ0v) is 18.8. The van der Waals surface area contributed by atoms with Gasteiger partial charge in [-0.2, -0.15) is 15.0 Å². The van der Waals surface area contributed by atoms with Crippen molar-refractivity contribution in [2.24, 2.45) is 0 Å². The van der Waals surface area contributed by atoms with E-state index in [1.165, 1.54) is 0 Å². The third-order valence-electron chi connectivity index (χ3n) is 4.66. The molecule has 0 aliphatic carbocycles. The zero-order valence-electron chi connectivity index (χ0n) is 18.0. The fourth-order valence-corrected chi connectivity index (χ4v) is 3.79. The number of aliphatic hydroxyl groups is 1. The van der Waals surface area contributed by atoms with Gasteiger partial charge in [-0.3, -0.25) is 9.29 Å². The molecule has 0 aliphatic rings. The SMILES string of the molecule is CCCCOc1nc(N)c2nc(OC)n(CCCCNSc3cccc(CO)c3)c2n1. The number of aromatic nitrogens is 4. The fraction of sp³-hybridized carbons (Fsp3) is 0.476. The molecule has 1 aromatic carbocycles. The molecule has 0 radical (unpaired) electrons. The number of aryl methyl sites for hydroxylation is 1. The summed E-state index contributed by atoms with van der Waals surface area (Å²) in [7, 11) is 1.58. The first kappa shape index (κ1) is 23.1. The number of imidazole rings is 1. The molecule has 0 atom stereocenters. The molecule has 0 saturated heterocycles. The average Bonchev–Trinajstić information content (AvgIpc) is 3.14. The Balaban J connectivity index is 1.57. The standard InChI is InChI=1S/C21H30N6O3S/c1-3-4-12-30-20-25-18(22)17-19(26-20)27(21(24-17)29-2)11-6-5-10-23-31-16-9-7-8-15(13-16)14-28/h7-9,13,23,28H,3-6,10-12,14H2,1-2H3,(H2,22,25,26). The minimum absolute atomic E-state index is 0.0501. The number of benzene rings is 1. The van der Waals surface area contributed by atoms with Gasteiger partial charge in [0.2, 0.25) is 0 Å². The molecule has 0 bridgehead atoms. The normalized spacial score (nSPS) is 11.2. The lowest BCUT2D eigenvalue weighted by Gasteiger charge is -2.09. The van der Waals surface area contributed by atoms with Crippen molar-refractivity contribution < 1.29 is 14.6 Å². The second-order valence-corrected chi connectivity index (χ2v) is 7.99. The second-order valence-electron chi connectivity index (χ2n) is 7.02. The Morgan fingerprint density at radius 1 is 1.19 bits per heavy atom. The van der Waals surface area contributed by atoms with E-state index in [2.05, 4.69) is 26.6 Å². The Morgan fingerprint density at radius 2 is 2.06 bits per heavy atom. The molecule has 0 saturated carbocycles. The highest BCUT2D eigenvalue weighted by molar-refractivity contribution is 7.97. The van der Waals surface area contributed by atoms with Gasteiger partial charge in [-0.1, -0.05) is 25.5 Å². The van der Waals surface area contributed by atoms with Crippen LogP contribution in [0.2, 0.25) is 0 Å². The van der Waals surface area contributed by atoms with Gasteiger partial charge in [-0.15, -0.1) is 0 Å². The van der Waals surface area contributed by atoms with E-state index in [-0.39, 0.29) is 18.4 Å². The van der Waals surface area contributed by atoms with Crippen LogP contribution >= 0.6 is 11.9 Å². The van der Waals surface area contributed by atoms with E-state index in [1.54, 1.807) is 19.1 Å². The molecule has 9 nitrogen and oxygen atoms in total. The minimum atomic E-state index is 0.0501. The highest BCUT2D eigenvalue weighted by Crippen LogP contribution is 2.26. The average molecular weight is 447 g/mol. The van der Waals surface area contributed by atoms with Gasteiger partial charge in [0.15, 0.2) is 17.0 Å². The van der Waals surface area contributed by atoms with Crippen molar-refractivity contribution >= 4 is 28.9 Å². The molecule has 2 aromatic heterocycles. The van der Waals surface area contributed by atoms with Gasteiger partial charge < -0.3 is 20.3 Å². The maximum Gasteiger partial charge on any atom is 0.320 e. The van der Waals surface area contributed by atoms with Crippen LogP contribution in [0.5, 0.6) is 12.0 Å². The van der Waals surface area contributed by atoms with Crippen LogP contribution in [-0.4, -0.2) is 44.9 Å². The van der Waals surface area contributed by atoms with E-state index in [0.717, 1.165) is 42.7 Å². The van der Waals surface area contributed by atoms with Gasteiger partial charge in [-0.05, 0) is 48.9 Å². The minimum Gasteiger partial charge on any atom is -0.468 e. The number of nitrogens with two attached hydrogens (primary N) is 1. The number of anilines is 1. The van der Waals surface area contributed by atoms with Crippen LogP contribution in [0, 0.1) is 0 Å². The van der Waals surface area contributed by atoms with E-state index in [4.69, 9.17) is 15.2 Å². The largest absolute Gasteiger partial charge is 0.468 e. The Morgan fingerprint density at radius 3 is 2.84 bits per heavy atom. The number of nitrogen functional groups attached to an aromatic ring is 1. The molecule has 31 heavy (non-hydrogen) atoms. The van der Waals surface area contributed by atoms with Crippen molar-refractivity contribution in [3.63, 3.8) is 0 Å². The third kappa shape index (κ3) is 6.22. The van der Waals surface area contributed by atoms with Crippen molar-refractivity contribution in [3.05, 3.63) is 29.8 Å². The van der Waals surface area contributed by atoms with Gasteiger partial charge in [0.05, 0.1) is 20.3 Å². The number of nitrogens with zero attached hydrogens (tertiary/aromatic N) is 4. The lowest BCUT2D eigenvalue weighted by atomic mass is 10.2. The van der Waals surface area contributed by atoms with Gasteiger partial charge in [-0.25, -0.2) is 0 Å². The molecule has 0 amide bonds. The van der Waals surface area contributed by atoms with Crippen LogP contribution in [-0.2, 0) is 13.2 Å². The van der Waals surface area contributed by atoms with Crippen LogP contribution in [0.15, 0.2) is 29.2 Å². The van der Waals surface area contributed by atoms with E-state index in [1.807, 2.05) is 28.8 Å². The quantitative estimate of drug-likeness (QED) is 0.268. The number of rotatable bonds is 13. The van der Waals surface area contributed by atoms with Crippen molar-refractivity contribution in [2.75, 3.05) is 26.0 Å². The van der Waals surface area contributed by atoms with E-state index in [9.17, 15) is 5.11 Å². The van der Waals surface area contributed by atoms with E-state index < -0.39 is 0 Å². The maximum atomic E-state index is 9.23. The molecule has 0 aliphatic heterocycles. The van der Waals surface area contributed by atoms with Crippen LogP contribution in [0.25, 0.3) is 11.2 Å². The Labute approximate surface area is 186 Å². The predicted octanol–water partition coefficient (Wildman–Crippen LogP) is 3.17. The summed E-state index contributed by atoms with van der Waals surface area (Å²) in [5.74, 6) is 0.289. The Hall–Kier alpha value is -2.56. The lowest BCUT2D eigenvalue weighted by Crippen LogP contribution is -2.09. The molecule has 0 unspecified atom stereocenters. The van der Waals surface area contributed by atoms with E-state index >= 15 is 0 Å². The number of ether oxygens (including phenoxy) is 2. The molecule has 168 valence electrons. The Bertz CT molecular complexity index is 981. The molecule has 0 spiro atoms. The lowest BCUT2D eigenvalue weighted by molar-refractivity contribution is 0.281. The van der Waals surface area contributed by atoms with Gasteiger partial charge in [0.1, 0.15) is 0 Å². The summed E-state index contributed by atoms with van der Waals surface area (Å²) in [5.41, 5.74) is 8.13. The molecule has 2 heterocycles. The van der Waals surface area contributed by atoms with Crippen molar-refractivity contribution in [3.8, 4) is 12.0 Å². The van der Waals surface area contributed by atoms with Gasteiger partial charge in [0, 0.05) is 18.0 Å². The molecule has 10 heteroatoms. The summed E-state index contributed by atoms with van der Waals surface area (Å²) in [6.45, 7) is 4.23. The summed E-state index contributed by atoms with van der Waals surface area (Å²) in [4.78, 5) is 14.2. The van der Waals surface area contributed by atoms with Crippen LogP contribution in [0.1, 0.15) is 38.2 Å². The first-order valence-corrected chi connectivity index (χ1v) is 11.3. The van der Waals surface area contributed by atoms with Crippen LogP contribution < -0.4 is 19.9 Å². The summed E-state index contributed by atoms with van der Waals surface area (Å²) in [6, 6.07) is 8.58. The topological polar surface area (TPSA) is 120 Å². The first-order valence-electron chi connectivity index (χ1n) is 10.5. The molecule has 4 N–H and O–H groups in total. The summed E-state index contributed by atoms with van der Waals surface area (Å²) < 4.78 is 16.3. The molecular weight excluding hydrogens is 416 g/mol. The molecule has 0 fully saturated rings. The highest BCUT2D eigenvalue weighted by Gasteiger charge is 2.17. The molecular formula is C21H30N6O3S. The van der Waals surface area contributed by atoms with Crippen molar-refractivity contribution in [1.82, 2.24) is 24.2 Å². The fourth-order valence-electron chi connectivity index (χ4n) is 3.02. The number of nitrogens with one attached hydrogen (secondary N) is 1. The highest BCUT2D eigenvalue weighted by atomic mass is 32.2. The zero-order chi connectivity index (χ0) is 22.1. The smallest absolute Gasteiger partial charge is 0.320 e. The van der Waals surface area contributed by atoms with Crippen molar-refractivity contribution in [2.45, 2.75) is 50.7 Å². The number of unbranched alkanes of at least 4 members (excludes halogenated alkanes) is 2. The maximum absolute atomic E-state index is 9.23.